The molecule has 7 heteroatoms. The second-order valence-corrected chi connectivity index (χ2v) is 6.58. The van der Waals surface area contributed by atoms with Crippen LogP contribution in [0, 0.1) is 17.6 Å². The highest BCUT2D eigenvalue weighted by molar-refractivity contribution is 5.93. The zero-order chi connectivity index (χ0) is 19.2. The summed E-state index contributed by atoms with van der Waals surface area (Å²) in [6.45, 7) is 1.25. The van der Waals surface area contributed by atoms with Crippen LogP contribution in [-0.2, 0) is 9.59 Å². The fraction of sp³-hybridized carbons (Fsp3) is 0.300. The van der Waals surface area contributed by atoms with Crippen molar-refractivity contribution in [1.82, 2.24) is 4.90 Å². The lowest BCUT2D eigenvalue weighted by Crippen LogP contribution is -2.41. The number of carbonyl (C=O) groups is 2. The molecule has 1 saturated heterocycles. The van der Waals surface area contributed by atoms with Crippen molar-refractivity contribution in [3.05, 3.63) is 60.2 Å². The summed E-state index contributed by atoms with van der Waals surface area (Å²) in [7, 11) is 0. The van der Waals surface area contributed by atoms with Crippen molar-refractivity contribution < 1.29 is 18.4 Å². The van der Waals surface area contributed by atoms with Crippen molar-refractivity contribution in [2.24, 2.45) is 5.92 Å². The first-order valence-corrected chi connectivity index (χ1v) is 8.84. The Morgan fingerprint density at radius 3 is 2.41 bits per heavy atom. The van der Waals surface area contributed by atoms with Crippen molar-refractivity contribution in [1.29, 1.82) is 0 Å². The molecule has 5 nitrogen and oxygen atoms in total. The van der Waals surface area contributed by atoms with E-state index in [4.69, 9.17) is 0 Å². The highest BCUT2D eigenvalue weighted by atomic mass is 19.1. The van der Waals surface area contributed by atoms with Crippen LogP contribution in [0.4, 0.5) is 20.2 Å². The molecule has 0 atom stereocenters. The van der Waals surface area contributed by atoms with Crippen molar-refractivity contribution in [3.8, 4) is 0 Å². The minimum absolute atomic E-state index is 0.0212. The maximum absolute atomic E-state index is 13.6. The van der Waals surface area contributed by atoms with E-state index in [0.717, 1.165) is 23.9 Å². The zero-order valence-electron chi connectivity index (χ0n) is 14.8. The Bertz CT molecular complexity index is 806. The second-order valence-electron chi connectivity index (χ2n) is 6.58. The monoisotopic (exact) mass is 373 g/mol. The fourth-order valence-corrected chi connectivity index (χ4v) is 3.11. The minimum Gasteiger partial charge on any atom is -0.326 e. The van der Waals surface area contributed by atoms with E-state index in [0.29, 0.717) is 25.9 Å². The van der Waals surface area contributed by atoms with Gasteiger partial charge in [0.15, 0.2) is 0 Å². The second kappa shape index (κ2) is 8.73. The summed E-state index contributed by atoms with van der Waals surface area (Å²) < 4.78 is 26.8. The number of anilines is 2. The Morgan fingerprint density at radius 2 is 1.70 bits per heavy atom. The lowest BCUT2D eigenvalue weighted by Gasteiger charge is -2.30. The molecular weight excluding hydrogens is 352 g/mol. The molecule has 2 N–H and O–H groups in total. The van der Waals surface area contributed by atoms with Gasteiger partial charge in [-0.2, -0.15) is 0 Å². The van der Waals surface area contributed by atoms with E-state index in [1.807, 2.05) is 35.2 Å². The average Bonchev–Trinajstić information content (AvgIpc) is 2.66. The summed E-state index contributed by atoms with van der Waals surface area (Å²) in [6, 6.07) is 12.2. The van der Waals surface area contributed by atoms with E-state index in [1.54, 1.807) is 0 Å². The Hall–Kier alpha value is -2.80. The summed E-state index contributed by atoms with van der Waals surface area (Å²) in [4.78, 5) is 26.3. The molecule has 0 saturated carbocycles. The Labute approximate surface area is 156 Å². The van der Waals surface area contributed by atoms with Crippen molar-refractivity contribution in [2.45, 2.75) is 12.8 Å². The molecule has 0 radical (unpaired) electrons. The predicted octanol–water partition coefficient (Wildman–Crippen LogP) is 3.25. The van der Waals surface area contributed by atoms with Gasteiger partial charge in [0, 0.05) is 17.7 Å². The van der Waals surface area contributed by atoms with Crippen LogP contribution in [0.5, 0.6) is 0 Å². The van der Waals surface area contributed by atoms with E-state index in [1.165, 1.54) is 0 Å². The molecule has 0 bridgehead atoms. The van der Waals surface area contributed by atoms with Crippen LogP contribution in [-0.4, -0.2) is 36.3 Å². The number of carbonyl (C=O) groups excluding carboxylic acids is 2. The summed E-state index contributed by atoms with van der Waals surface area (Å²) >= 11 is 0. The minimum atomic E-state index is -0.680. The normalized spacial score (nSPS) is 15.3. The van der Waals surface area contributed by atoms with Crippen LogP contribution in [0.1, 0.15) is 12.8 Å². The quantitative estimate of drug-likeness (QED) is 0.846. The number of piperidine rings is 1. The van der Waals surface area contributed by atoms with Crippen molar-refractivity contribution in [2.75, 3.05) is 30.3 Å². The maximum atomic E-state index is 13.6. The summed E-state index contributed by atoms with van der Waals surface area (Å²) in [5.74, 6) is -1.83. The molecule has 1 heterocycles. The third-order valence-electron chi connectivity index (χ3n) is 4.57. The molecule has 0 unspecified atom stereocenters. The van der Waals surface area contributed by atoms with E-state index in [2.05, 4.69) is 10.6 Å². The molecule has 1 fully saturated rings. The molecule has 142 valence electrons. The molecule has 0 aromatic heterocycles. The van der Waals surface area contributed by atoms with Gasteiger partial charge in [-0.05, 0) is 50.2 Å². The zero-order valence-corrected chi connectivity index (χ0v) is 14.8. The molecule has 27 heavy (non-hydrogen) atoms. The molecule has 3 rings (SSSR count). The van der Waals surface area contributed by atoms with E-state index >= 15 is 0 Å². The van der Waals surface area contributed by atoms with Gasteiger partial charge in [-0.3, -0.25) is 14.5 Å². The van der Waals surface area contributed by atoms with Gasteiger partial charge >= 0.3 is 0 Å². The molecule has 1 aliphatic rings. The first kappa shape index (κ1) is 19.0. The molecule has 1 aliphatic heterocycles. The number of rotatable bonds is 5. The molecule has 2 aromatic rings. The van der Waals surface area contributed by atoms with Crippen molar-refractivity contribution >= 4 is 23.2 Å². The van der Waals surface area contributed by atoms with E-state index < -0.39 is 17.5 Å². The van der Waals surface area contributed by atoms with Crippen LogP contribution >= 0.6 is 0 Å². The van der Waals surface area contributed by atoms with Crippen LogP contribution < -0.4 is 10.6 Å². The number of hydrogen-bond acceptors (Lipinski definition) is 3. The standard InChI is InChI=1S/C20H21F2N3O2/c21-15-6-7-17(22)18(12-15)24-19(26)13-25-10-8-14(9-11-25)20(27)23-16-4-2-1-3-5-16/h1-7,12,14H,8-11,13H2,(H,23,27)(H,24,26). The predicted molar refractivity (Wildman–Crippen MR) is 99.2 cm³/mol. The van der Waals surface area contributed by atoms with Gasteiger partial charge in [0.2, 0.25) is 11.8 Å². The highest BCUT2D eigenvalue weighted by Gasteiger charge is 2.26. The lowest BCUT2D eigenvalue weighted by molar-refractivity contribution is -0.121. The number of likely N-dealkylation sites (tertiary alicyclic amines) is 1. The summed E-state index contributed by atoms with van der Waals surface area (Å²) in [5, 5.41) is 5.29. The number of halogens is 2. The van der Waals surface area contributed by atoms with Crippen LogP contribution in [0.3, 0.4) is 0 Å². The Kier molecular flexibility index (Phi) is 6.13. The lowest BCUT2D eigenvalue weighted by atomic mass is 9.96. The van der Waals surface area contributed by atoms with Gasteiger partial charge in [-0.1, -0.05) is 18.2 Å². The number of amides is 2. The van der Waals surface area contributed by atoms with Gasteiger partial charge in [0.05, 0.1) is 12.2 Å². The number of para-hydroxylation sites is 1. The van der Waals surface area contributed by atoms with Gasteiger partial charge in [-0.25, -0.2) is 8.78 Å². The molecule has 2 amide bonds. The SMILES string of the molecule is O=C(CN1CCC(C(=O)Nc2ccccc2)CC1)Nc1cc(F)ccc1F. The van der Waals surface area contributed by atoms with Gasteiger partial charge in [0.25, 0.3) is 0 Å². The van der Waals surface area contributed by atoms with Crippen LogP contribution in [0.15, 0.2) is 48.5 Å². The molecule has 2 aromatic carbocycles. The smallest absolute Gasteiger partial charge is 0.238 e. The van der Waals surface area contributed by atoms with Crippen LogP contribution in [0.25, 0.3) is 0 Å². The Morgan fingerprint density at radius 1 is 1.00 bits per heavy atom. The number of benzene rings is 2. The van der Waals surface area contributed by atoms with Gasteiger partial charge in [0.1, 0.15) is 11.6 Å². The Balaban J connectivity index is 1.45. The van der Waals surface area contributed by atoms with Gasteiger partial charge in [-0.15, -0.1) is 0 Å². The topological polar surface area (TPSA) is 61.4 Å². The van der Waals surface area contributed by atoms with E-state index in [9.17, 15) is 18.4 Å². The third kappa shape index (κ3) is 5.34. The largest absolute Gasteiger partial charge is 0.326 e. The number of nitrogens with one attached hydrogen (secondary N) is 2. The number of hydrogen-bond donors (Lipinski definition) is 2. The first-order valence-electron chi connectivity index (χ1n) is 8.84. The van der Waals surface area contributed by atoms with Crippen molar-refractivity contribution in [3.63, 3.8) is 0 Å². The highest BCUT2D eigenvalue weighted by Crippen LogP contribution is 2.20. The third-order valence-corrected chi connectivity index (χ3v) is 4.57. The molecule has 0 aliphatic carbocycles. The maximum Gasteiger partial charge on any atom is 0.238 e. The van der Waals surface area contributed by atoms with E-state index in [-0.39, 0.29) is 24.1 Å². The summed E-state index contributed by atoms with van der Waals surface area (Å²) in [6.07, 6.45) is 1.28. The molecular formula is C20H21F2N3O2. The number of nitrogens with zero attached hydrogens (tertiary/aromatic N) is 1. The van der Waals surface area contributed by atoms with Gasteiger partial charge < -0.3 is 10.6 Å². The average molecular weight is 373 g/mol. The first-order chi connectivity index (χ1) is 13.0. The molecule has 0 spiro atoms. The fourth-order valence-electron chi connectivity index (χ4n) is 3.11. The summed E-state index contributed by atoms with van der Waals surface area (Å²) in [5.41, 5.74) is 0.596. The van der Waals surface area contributed by atoms with Crippen LogP contribution in [0.2, 0.25) is 0 Å².